The van der Waals surface area contributed by atoms with Gasteiger partial charge in [-0.05, 0) is 43.0 Å². The molecule has 2 rings (SSSR count). The van der Waals surface area contributed by atoms with Gasteiger partial charge in [0.15, 0.2) is 0 Å². The van der Waals surface area contributed by atoms with Gasteiger partial charge in [0, 0.05) is 24.8 Å². The van der Waals surface area contributed by atoms with Crippen molar-refractivity contribution in [2.24, 2.45) is 0 Å². The van der Waals surface area contributed by atoms with Gasteiger partial charge in [-0.3, -0.25) is 0 Å². The van der Waals surface area contributed by atoms with Crippen molar-refractivity contribution >= 4 is 5.69 Å². The number of hydrogen-bond acceptors (Lipinski definition) is 2. The summed E-state index contributed by atoms with van der Waals surface area (Å²) in [7, 11) is 0. The van der Waals surface area contributed by atoms with E-state index in [-0.39, 0.29) is 17.6 Å². The minimum Gasteiger partial charge on any atom is -0.382 e. The molecule has 1 N–H and O–H groups in total. The Morgan fingerprint density at radius 1 is 1.23 bits per heavy atom. The van der Waals surface area contributed by atoms with Crippen LogP contribution in [0.3, 0.4) is 0 Å². The predicted octanol–water partition coefficient (Wildman–Crippen LogP) is 4.73. The Balaban J connectivity index is 2.16. The summed E-state index contributed by atoms with van der Waals surface area (Å²) in [5, 5.41) is 3.12. The zero-order valence-corrected chi connectivity index (χ0v) is 13.5. The van der Waals surface area contributed by atoms with E-state index in [1.807, 2.05) is 13.8 Å². The molecule has 1 heterocycles. The number of halogens is 3. The van der Waals surface area contributed by atoms with Crippen LogP contribution in [0.4, 0.5) is 18.9 Å². The molecular weight excluding hydrogens is 289 g/mol. The number of hydrogen-bond donors (Lipinski definition) is 1. The Morgan fingerprint density at radius 2 is 1.86 bits per heavy atom. The van der Waals surface area contributed by atoms with E-state index in [9.17, 15) is 13.2 Å². The lowest BCUT2D eigenvalue weighted by molar-refractivity contribution is -0.137. The third-order valence-electron chi connectivity index (χ3n) is 4.41. The van der Waals surface area contributed by atoms with Gasteiger partial charge in [-0.25, -0.2) is 0 Å². The zero-order chi connectivity index (χ0) is 16.3. The largest absolute Gasteiger partial charge is 0.418 e. The highest BCUT2D eigenvalue weighted by Crippen LogP contribution is 2.37. The SMILES string of the molecule is CCN1CCC(Nc2ccc(C(C)C)cc2C(F)(F)F)CC1. The van der Waals surface area contributed by atoms with Crippen molar-refractivity contribution in [1.82, 2.24) is 4.90 Å². The number of nitrogens with zero attached hydrogens (tertiary/aromatic N) is 1. The van der Waals surface area contributed by atoms with Crippen molar-refractivity contribution in [3.05, 3.63) is 29.3 Å². The van der Waals surface area contributed by atoms with E-state index in [0.717, 1.165) is 38.0 Å². The number of likely N-dealkylation sites (tertiary alicyclic amines) is 1. The average molecular weight is 314 g/mol. The second kappa shape index (κ2) is 6.90. The summed E-state index contributed by atoms with van der Waals surface area (Å²) in [4.78, 5) is 2.32. The molecule has 0 radical (unpaired) electrons. The summed E-state index contributed by atoms with van der Waals surface area (Å²) in [5.74, 6) is 0.0861. The van der Waals surface area contributed by atoms with Crippen LogP contribution in [-0.2, 0) is 6.18 Å². The van der Waals surface area contributed by atoms with Crippen LogP contribution in [0.15, 0.2) is 18.2 Å². The van der Waals surface area contributed by atoms with Gasteiger partial charge < -0.3 is 10.2 Å². The Labute approximate surface area is 130 Å². The van der Waals surface area contributed by atoms with Gasteiger partial charge in [0.25, 0.3) is 0 Å². The lowest BCUT2D eigenvalue weighted by Crippen LogP contribution is -2.39. The molecule has 1 aromatic rings. The van der Waals surface area contributed by atoms with Crippen molar-refractivity contribution < 1.29 is 13.2 Å². The van der Waals surface area contributed by atoms with Gasteiger partial charge in [0.05, 0.1) is 5.56 Å². The minimum absolute atomic E-state index is 0.0861. The first-order chi connectivity index (χ1) is 10.3. The second-order valence-electron chi connectivity index (χ2n) is 6.31. The Kier molecular flexibility index (Phi) is 5.37. The maximum Gasteiger partial charge on any atom is 0.418 e. The van der Waals surface area contributed by atoms with E-state index in [1.54, 1.807) is 12.1 Å². The van der Waals surface area contributed by atoms with Gasteiger partial charge in [-0.1, -0.05) is 26.8 Å². The maximum absolute atomic E-state index is 13.3. The summed E-state index contributed by atoms with van der Waals surface area (Å²) >= 11 is 0. The number of rotatable bonds is 4. The summed E-state index contributed by atoms with van der Waals surface area (Å²) < 4.78 is 39.9. The van der Waals surface area contributed by atoms with Crippen LogP contribution < -0.4 is 5.32 Å². The third kappa shape index (κ3) is 4.15. The lowest BCUT2D eigenvalue weighted by atomic mass is 9.98. The maximum atomic E-state index is 13.3. The first-order valence-electron chi connectivity index (χ1n) is 8.01. The van der Waals surface area contributed by atoms with Crippen molar-refractivity contribution in [3.8, 4) is 0 Å². The van der Waals surface area contributed by atoms with Crippen LogP contribution in [-0.4, -0.2) is 30.6 Å². The van der Waals surface area contributed by atoms with Gasteiger partial charge in [-0.2, -0.15) is 13.2 Å². The van der Waals surface area contributed by atoms with Crippen LogP contribution in [0.2, 0.25) is 0 Å². The van der Waals surface area contributed by atoms with E-state index >= 15 is 0 Å². The summed E-state index contributed by atoms with van der Waals surface area (Å²) in [5.41, 5.74) is 0.391. The molecule has 0 bridgehead atoms. The number of benzene rings is 1. The van der Waals surface area contributed by atoms with Crippen LogP contribution in [0, 0.1) is 0 Å². The first-order valence-corrected chi connectivity index (χ1v) is 8.01. The fraction of sp³-hybridized carbons (Fsp3) is 0.647. The fourth-order valence-corrected chi connectivity index (χ4v) is 2.89. The summed E-state index contributed by atoms with van der Waals surface area (Å²) in [6, 6.07) is 4.79. The molecule has 22 heavy (non-hydrogen) atoms. The van der Waals surface area contributed by atoms with E-state index in [1.165, 1.54) is 6.07 Å². The van der Waals surface area contributed by atoms with Crippen molar-refractivity contribution in [2.75, 3.05) is 25.0 Å². The molecule has 0 saturated carbocycles. The lowest BCUT2D eigenvalue weighted by Gasteiger charge is -2.32. The number of piperidine rings is 1. The van der Waals surface area contributed by atoms with Gasteiger partial charge in [0.1, 0.15) is 0 Å². The molecule has 1 aromatic carbocycles. The Bertz CT molecular complexity index is 489. The van der Waals surface area contributed by atoms with Crippen molar-refractivity contribution in [1.29, 1.82) is 0 Å². The molecule has 0 spiro atoms. The molecule has 5 heteroatoms. The predicted molar refractivity (Wildman–Crippen MR) is 84.3 cm³/mol. The average Bonchev–Trinajstić information content (AvgIpc) is 2.47. The van der Waals surface area contributed by atoms with Gasteiger partial charge in [-0.15, -0.1) is 0 Å². The molecule has 0 unspecified atom stereocenters. The molecule has 0 aromatic heterocycles. The Morgan fingerprint density at radius 3 is 2.36 bits per heavy atom. The molecule has 1 saturated heterocycles. The van der Waals surface area contributed by atoms with E-state index in [0.29, 0.717) is 0 Å². The van der Waals surface area contributed by atoms with Crippen LogP contribution in [0.25, 0.3) is 0 Å². The van der Waals surface area contributed by atoms with Gasteiger partial charge >= 0.3 is 6.18 Å². The third-order valence-corrected chi connectivity index (χ3v) is 4.41. The van der Waals surface area contributed by atoms with Crippen molar-refractivity contribution in [2.45, 2.75) is 51.7 Å². The second-order valence-corrected chi connectivity index (χ2v) is 6.31. The highest BCUT2D eigenvalue weighted by atomic mass is 19.4. The van der Waals surface area contributed by atoms with E-state index in [2.05, 4.69) is 17.1 Å². The standard InChI is InChI=1S/C17H25F3N2/c1-4-22-9-7-14(8-10-22)21-16-6-5-13(12(2)3)11-15(16)17(18,19)20/h5-6,11-12,14,21H,4,7-10H2,1-3H3. The van der Waals surface area contributed by atoms with E-state index < -0.39 is 11.7 Å². The smallest absolute Gasteiger partial charge is 0.382 e. The highest BCUT2D eigenvalue weighted by Gasteiger charge is 2.34. The summed E-state index contributed by atoms with van der Waals surface area (Å²) in [6.07, 6.45) is -2.55. The van der Waals surface area contributed by atoms with E-state index in [4.69, 9.17) is 0 Å². The normalized spacial score (nSPS) is 18.0. The molecule has 2 nitrogen and oxygen atoms in total. The quantitative estimate of drug-likeness (QED) is 0.864. The van der Waals surface area contributed by atoms with Gasteiger partial charge in [0.2, 0.25) is 0 Å². The van der Waals surface area contributed by atoms with Crippen LogP contribution >= 0.6 is 0 Å². The number of nitrogens with one attached hydrogen (secondary N) is 1. The molecule has 1 fully saturated rings. The molecule has 0 amide bonds. The first kappa shape index (κ1) is 17.1. The highest BCUT2D eigenvalue weighted by molar-refractivity contribution is 5.55. The molecule has 1 aliphatic rings. The number of anilines is 1. The number of alkyl halides is 3. The van der Waals surface area contributed by atoms with Crippen LogP contribution in [0.1, 0.15) is 50.7 Å². The molecular formula is C17H25F3N2. The Hall–Kier alpha value is -1.23. The summed E-state index contributed by atoms with van der Waals surface area (Å²) in [6.45, 7) is 8.81. The molecule has 1 aliphatic heterocycles. The molecule has 0 aliphatic carbocycles. The molecule has 124 valence electrons. The zero-order valence-electron chi connectivity index (χ0n) is 13.5. The topological polar surface area (TPSA) is 15.3 Å². The van der Waals surface area contributed by atoms with Crippen molar-refractivity contribution in [3.63, 3.8) is 0 Å². The van der Waals surface area contributed by atoms with Crippen LogP contribution in [0.5, 0.6) is 0 Å². The fourth-order valence-electron chi connectivity index (χ4n) is 2.89. The monoisotopic (exact) mass is 314 g/mol. The minimum atomic E-state index is -4.32. The molecule has 0 atom stereocenters.